The van der Waals surface area contributed by atoms with Gasteiger partial charge in [-0.05, 0) is 14.0 Å². The molecule has 0 aliphatic heterocycles. The van der Waals surface area contributed by atoms with Crippen LogP contribution in [0.4, 0.5) is 0 Å². The molecule has 0 aliphatic carbocycles. The lowest BCUT2D eigenvalue weighted by atomic mass is 10.3. The van der Waals surface area contributed by atoms with E-state index in [0.29, 0.717) is 19.5 Å². The van der Waals surface area contributed by atoms with Crippen LogP contribution in [0.1, 0.15) is 17.0 Å². The zero-order valence-electron chi connectivity index (χ0n) is 8.46. The van der Waals surface area contributed by atoms with Crippen molar-refractivity contribution >= 4 is 17.2 Å². The van der Waals surface area contributed by atoms with Crippen LogP contribution in [0.5, 0.6) is 0 Å². The van der Waals surface area contributed by atoms with Crippen LogP contribution < -0.4 is 10.6 Å². The number of carbonyl (C=O) groups is 1. The Balaban J connectivity index is 2.27. The fraction of sp³-hybridized carbons (Fsp3) is 0.556. The third-order valence-corrected chi connectivity index (χ3v) is 2.83. The predicted octanol–water partition coefficient (Wildman–Crippen LogP) is 0.677. The molecule has 0 spiro atoms. The van der Waals surface area contributed by atoms with Crippen molar-refractivity contribution in [2.24, 2.45) is 0 Å². The Bertz CT molecular complexity index is 298. The standard InChI is InChI=1S/C9H15N3OS/c1-7-8(14-6-12-7)5-11-9(13)3-4-10-2/h6,10H,3-5H2,1-2H3,(H,11,13). The number of thiazole rings is 1. The maximum absolute atomic E-state index is 11.2. The smallest absolute Gasteiger partial charge is 0.221 e. The van der Waals surface area contributed by atoms with Gasteiger partial charge in [-0.25, -0.2) is 4.98 Å². The summed E-state index contributed by atoms with van der Waals surface area (Å²) < 4.78 is 0. The Hall–Kier alpha value is -0.940. The van der Waals surface area contributed by atoms with E-state index in [1.54, 1.807) is 16.8 Å². The van der Waals surface area contributed by atoms with Gasteiger partial charge in [0.05, 0.1) is 17.7 Å². The van der Waals surface area contributed by atoms with Gasteiger partial charge in [-0.2, -0.15) is 0 Å². The summed E-state index contributed by atoms with van der Waals surface area (Å²) >= 11 is 1.57. The van der Waals surface area contributed by atoms with E-state index in [2.05, 4.69) is 15.6 Å². The molecule has 1 amide bonds. The lowest BCUT2D eigenvalue weighted by Crippen LogP contribution is -2.25. The molecule has 0 aromatic carbocycles. The Kier molecular flexibility index (Phi) is 4.55. The molecule has 0 atom stereocenters. The van der Waals surface area contributed by atoms with Gasteiger partial charge in [0.1, 0.15) is 0 Å². The van der Waals surface area contributed by atoms with E-state index in [1.165, 1.54) is 0 Å². The first kappa shape index (κ1) is 11.1. The molecule has 78 valence electrons. The number of hydrogen-bond donors (Lipinski definition) is 2. The van der Waals surface area contributed by atoms with Crippen molar-refractivity contribution < 1.29 is 4.79 Å². The number of amides is 1. The summed E-state index contributed by atoms with van der Waals surface area (Å²) in [6.07, 6.45) is 0.522. The van der Waals surface area contributed by atoms with Crippen molar-refractivity contribution in [3.63, 3.8) is 0 Å². The Morgan fingerprint density at radius 1 is 1.64 bits per heavy atom. The number of nitrogens with zero attached hydrogens (tertiary/aromatic N) is 1. The van der Waals surface area contributed by atoms with E-state index >= 15 is 0 Å². The van der Waals surface area contributed by atoms with Crippen molar-refractivity contribution in [2.45, 2.75) is 19.9 Å². The Labute approximate surface area is 87.7 Å². The highest BCUT2D eigenvalue weighted by atomic mass is 32.1. The van der Waals surface area contributed by atoms with Crippen LogP contribution in [0.3, 0.4) is 0 Å². The molecule has 1 rings (SSSR count). The second-order valence-corrected chi connectivity index (χ2v) is 3.93. The summed E-state index contributed by atoms with van der Waals surface area (Å²) in [6, 6.07) is 0. The molecular weight excluding hydrogens is 198 g/mol. The highest BCUT2D eigenvalue weighted by Crippen LogP contribution is 2.10. The molecule has 5 heteroatoms. The van der Waals surface area contributed by atoms with Gasteiger partial charge < -0.3 is 10.6 Å². The number of rotatable bonds is 5. The predicted molar refractivity (Wildman–Crippen MR) is 57.2 cm³/mol. The van der Waals surface area contributed by atoms with E-state index in [-0.39, 0.29) is 5.91 Å². The third kappa shape index (κ3) is 3.43. The maximum Gasteiger partial charge on any atom is 0.221 e. The van der Waals surface area contributed by atoms with E-state index in [1.807, 2.05) is 14.0 Å². The second-order valence-electron chi connectivity index (χ2n) is 2.99. The maximum atomic E-state index is 11.2. The van der Waals surface area contributed by atoms with Gasteiger partial charge in [0, 0.05) is 17.8 Å². The molecular formula is C9H15N3OS. The minimum Gasteiger partial charge on any atom is -0.351 e. The SMILES string of the molecule is CNCCC(=O)NCc1scnc1C. The van der Waals surface area contributed by atoms with Gasteiger partial charge in [0.2, 0.25) is 5.91 Å². The molecule has 4 nitrogen and oxygen atoms in total. The average molecular weight is 213 g/mol. The summed E-state index contributed by atoms with van der Waals surface area (Å²) in [5, 5.41) is 5.78. The van der Waals surface area contributed by atoms with E-state index < -0.39 is 0 Å². The molecule has 1 heterocycles. The van der Waals surface area contributed by atoms with E-state index in [4.69, 9.17) is 0 Å². The van der Waals surface area contributed by atoms with E-state index in [9.17, 15) is 4.79 Å². The molecule has 1 aromatic heterocycles. The minimum absolute atomic E-state index is 0.0761. The Morgan fingerprint density at radius 3 is 3.00 bits per heavy atom. The number of hydrogen-bond acceptors (Lipinski definition) is 4. The quantitative estimate of drug-likeness (QED) is 0.756. The molecule has 0 saturated heterocycles. The van der Waals surface area contributed by atoms with E-state index in [0.717, 1.165) is 10.6 Å². The van der Waals surface area contributed by atoms with Crippen molar-refractivity contribution in [3.05, 3.63) is 16.1 Å². The van der Waals surface area contributed by atoms with Gasteiger partial charge in [-0.15, -0.1) is 11.3 Å². The van der Waals surface area contributed by atoms with Gasteiger partial charge >= 0.3 is 0 Å². The summed E-state index contributed by atoms with van der Waals surface area (Å²) in [4.78, 5) is 16.5. The molecule has 14 heavy (non-hydrogen) atoms. The van der Waals surface area contributed by atoms with Crippen molar-refractivity contribution in [1.29, 1.82) is 0 Å². The third-order valence-electron chi connectivity index (χ3n) is 1.89. The van der Waals surface area contributed by atoms with Crippen molar-refractivity contribution in [3.8, 4) is 0 Å². The molecule has 0 aliphatic rings. The number of carbonyl (C=O) groups excluding carboxylic acids is 1. The molecule has 0 bridgehead atoms. The fourth-order valence-electron chi connectivity index (χ4n) is 1.00. The monoisotopic (exact) mass is 213 g/mol. The number of aryl methyl sites for hydroxylation is 1. The topological polar surface area (TPSA) is 54.0 Å². The van der Waals surface area contributed by atoms with Crippen LogP contribution in [-0.4, -0.2) is 24.5 Å². The number of nitrogens with one attached hydrogen (secondary N) is 2. The first-order chi connectivity index (χ1) is 6.74. The van der Waals surface area contributed by atoms with Crippen LogP contribution in [0, 0.1) is 6.92 Å². The van der Waals surface area contributed by atoms with Crippen molar-refractivity contribution in [2.75, 3.05) is 13.6 Å². The van der Waals surface area contributed by atoms with Crippen LogP contribution in [0.15, 0.2) is 5.51 Å². The van der Waals surface area contributed by atoms with Gasteiger partial charge in [-0.3, -0.25) is 4.79 Å². The second kappa shape index (κ2) is 5.72. The first-order valence-corrected chi connectivity index (χ1v) is 5.42. The van der Waals surface area contributed by atoms with Gasteiger partial charge in [-0.1, -0.05) is 0 Å². The zero-order chi connectivity index (χ0) is 10.4. The fourth-order valence-corrected chi connectivity index (χ4v) is 1.72. The summed E-state index contributed by atoms with van der Waals surface area (Å²) in [7, 11) is 1.83. The van der Waals surface area contributed by atoms with Gasteiger partial charge in [0.25, 0.3) is 0 Å². The van der Waals surface area contributed by atoms with Crippen molar-refractivity contribution in [1.82, 2.24) is 15.6 Å². The lowest BCUT2D eigenvalue weighted by Gasteiger charge is -2.03. The molecule has 0 fully saturated rings. The zero-order valence-corrected chi connectivity index (χ0v) is 9.28. The van der Waals surface area contributed by atoms with Crippen LogP contribution in [0.25, 0.3) is 0 Å². The summed E-state index contributed by atoms with van der Waals surface area (Å²) in [5.74, 6) is 0.0761. The Morgan fingerprint density at radius 2 is 2.43 bits per heavy atom. The molecule has 0 saturated carbocycles. The molecule has 1 aromatic rings. The largest absolute Gasteiger partial charge is 0.351 e. The highest BCUT2D eigenvalue weighted by molar-refractivity contribution is 7.09. The molecule has 2 N–H and O–H groups in total. The normalized spacial score (nSPS) is 10.1. The van der Waals surface area contributed by atoms with Crippen LogP contribution >= 0.6 is 11.3 Å². The summed E-state index contributed by atoms with van der Waals surface area (Å²) in [6.45, 7) is 3.26. The van der Waals surface area contributed by atoms with Crippen LogP contribution in [-0.2, 0) is 11.3 Å². The first-order valence-electron chi connectivity index (χ1n) is 4.54. The van der Waals surface area contributed by atoms with Crippen LogP contribution in [0.2, 0.25) is 0 Å². The summed E-state index contributed by atoms with van der Waals surface area (Å²) in [5.41, 5.74) is 2.80. The highest BCUT2D eigenvalue weighted by Gasteiger charge is 2.03. The number of aromatic nitrogens is 1. The van der Waals surface area contributed by atoms with Gasteiger partial charge in [0.15, 0.2) is 0 Å². The molecule has 0 unspecified atom stereocenters. The lowest BCUT2D eigenvalue weighted by molar-refractivity contribution is -0.121. The minimum atomic E-state index is 0.0761. The average Bonchev–Trinajstić information content (AvgIpc) is 2.58. The molecule has 0 radical (unpaired) electrons.